The molecule has 1 aromatic heterocycles. The Kier molecular flexibility index (Phi) is 4.73. The molecule has 1 aliphatic carbocycles. The number of nitrogens with zero attached hydrogens (tertiary/aromatic N) is 1. The van der Waals surface area contributed by atoms with Crippen LogP contribution in [-0.4, -0.2) is 4.98 Å². The Morgan fingerprint density at radius 3 is 2.90 bits per heavy atom. The van der Waals surface area contributed by atoms with Crippen LogP contribution in [0.2, 0.25) is 0 Å². The van der Waals surface area contributed by atoms with Gasteiger partial charge in [-0.3, -0.25) is 4.98 Å². The van der Waals surface area contributed by atoms with E-state index in [1.165, 1.54) is 27.8 Å². The van der Waals surface area contributed by atoms with E-state index in [0.717, 1.165) is 12.8 Å². The zero-order valence-corrected chi connectivity index (χ0v) is 12.7. The Morgan fingerprint density at radius 2 is 2.15 bits per heavy atom. The molecule has 0 bridgehead atoms. The maximum absolute atomic E-state index is 4.44. The van der Waals surface area contributed by atoms with Gasteiger partial charge in [0.25, 0.3) is 0 Å². The molecule has 1 heteroatoms. The van der Waals surface area contributed by atoms with Crippen LogP contribution in [-0.2, 0) is 0 Å². The second-order valence-corrected chi connectivity index (χ2v) is 5.52. The van der Waals surface area contributed by atoms with Crippen LogP contribution in [0.3, 0.4) is 0 Å². The van der Waals surface area contributed by atoms with E-state index in [-0.39, 0.29) is 0 Å². The molecule has 0 saturated heterocycles. The molecule has 1 unspecified atom stereocenters. The largest absolute Gasteiger partial charge is 0.264 e. The summed E-state index contributed by atoms with van der Waals surface area (Å²) in [6.07, 6.45) is 14.6. The Labute approximate surface area is 122 Å². The maximum Gasteiger partial charge on any atom is 0.0346 e. The molecule has 0 fully saturated rings. The fourth-order valence-corrected chi connectivity index (χ4v) is 2.69. The van der Waals surface area contributed by atoms with Crippen molar-refractivity contribution >= 4 is 5.57 Å². The molecule has 1 nitrogen and oxygen atoms in total. The van der Waals surface area contributed by atoms with Gasteiger partial charge in [-0.1, -0.05) is 31.2 Å². The average Bonchev–Trinajstić information content (AvgIpc) is 2.60. The molecule has 1 heterocycles. The summed E-state index contributed by atoms with van der Waals surface area (Å²) in [6.45, 7) is 10.4. The molecule has 0 N–H and O–H groups in total. The van der Waals surface area contributed by atoms with Crippen LogP contribution in [0.25, 0.3) is 5.57 Å². The number of rotatable bonds is 4. The summed E-state index contributed by atoms with van der Waals surface area (Å²) in [5.41, 5.74) is 6.47. The number of allylic oxidation sites excluding steroid dienone is 7. The highest BCUT2D eigenvalue weighted by molar-refractivity contribution is 5.82. The van der Waals surface area contributed by atoms with Gasteiger partial charge in [-0.05, 0) is 61.0 Å². The highest BCUT2D eigenvalue weighted by atomic mass is 14.6. The van der Waals surface area contributed by atoms with E-state index < -0.39 is 0 Å². The lowest BCUT2D eigenvalue weighted by Gasteiger charge is -2.14. The third-order valence-corrected chi connectivity index (χ3v) is 3.85. The first kappa shape index (κ1) is 14.5. The summed E-state index contributed by atoms with van der Waals surface area (Å²) in [4.78, 5) is 4.44. The average molecular weight is 265 g/mol. The van der Waals surface area contributed by atoms with Crippen molar-refractivity contribution in [3.63, 3.8) is 0 Å². The van der Waals surface area contributed by atoms with Crippen molar-refractivity contribution in [1.82, 2.24) is 4.98 Å². The van der Waals surface area contributed by atoms with Crippen LogP contribution in [0, 0.1) is 0 Å². The van der Waals surface area contributed by atoms with Gasteiger partial charge in [0.2, 0.25) is 0 Å². The van der Waals surface area contributed by atoms with Gasteiger partial charge in [-0.25, -0.2) is 0 Å². The quantitative estimate of drug-likeness (QED) is 0.660. The lowest BCUT2D eigenvalue weighted by molar-refractivity contribution is 0.776. The second-order valence-electron chi connectivity index (χ2n) is 5.52. The van der Waals surface area contributed by atoms with Crippen molar-refractivity contribution in [3.05, 3.63) is 71.6 Å². The van der Waals surface area contributed by atoms with Gasteiger partial charge in [-0.15, -0.1) is 6.58 Å². The number of hydrogen-bond donors (Lipinski definition) is 0. The molecule has 0 aliphatic heterocycles. The lowest BCUT2D eigenvalue weighted by atomic mass is 9.92. The summed E-state index contributed by atoms with van der Waals surface area (Å²) in [5, 5.41) is 0. The molecule has 1 aliphatic rings. The van der Waals surface area contributed by atoms with E-state index in [0.29, 0.717) is 5.92 Å². The van der Waals surface area contributed by atoms with Crippen LogP contribution in [0.15, 0.2) is 60.5 Å². The Bertz CT molecular complexity index is 588. The van der Waals surface area contributed by atoms with Gasteiger partial charge in [0.05, 0.1) is 0 Å². The van der Waals surface area contributed by atoms with E-state index in [9.17, 15) is 0 Å². The fraction of sp³-hybridized carbons (Fsp3) is 0.316. The van der Waals surface area contributed by atoms with Crippen LogP contribution < -0.4 is 0 Å². The van der Waals surface area contributed by atoms with Crippen molar-refractivity contribution in [2.75, 3.05) is 0 Å². The fourth-order valence-electron chi connectivity index (χ4n) is 2.69. The predicted molar refractivity (Wildman–Crippen MR) is 87.6 cm³/mol. The Hall–Kier alpha value is -1.89. The molecule has 104 valence electrons. The minimum Gasteiger partial charge on any atom is -0.264 e. The van der Waals surface area contributed by atoms with Crippen LogP contribution >= 0.6 is 0 Å². The van der Waals surface area contributed by atoms with E-state index in [2.05, 4.69) is 56.6 Å². The van der Waals surface area contributed by atoms with Crippen molar-refractivity contribution in [2.45, 2.75) is 39.5 Å². The summed E-state index contributed by atoms with van der Waals surface area (Å²) in [5.74, 6) is 0.464. The SMILES string of the molecule is C=CCC(C)c1cncc(C2=C(C)C=CCC=C2C)c1. The number of aromatic nitrogens is 1. The first-order chi connectivity index (χ1) is 9.63. The van der Waals surface area contributed by atoms with E-state index in [4.69, 9.17) is 0 Å². The highest BCUT2D eigenvalue weighted by Crippen LogP contribution is 2.31. The minimum absolute atomic E-state index is 0.464. The second kappa shape index (κ2) is 6.51. The van der Waals surface area contributed by atoms with Gasteiger partial charge < -0.3 is 0 Å². The minimum atomic E-state index is 0.464. The first-order valence-electron chi connectivity index (χ1n) is 7.24. The van der Waals surface area contributed by atoms with Gasteiger partial charge in [-0.2, -0.15) is 0 Å². The van der Waals surface area contributed by atoms with Crippen molar-refractivity contribution in [2.24, 2.45) is 0 Å². The zero-order chi connectivity index (χ0) is 14.5. The van der Waals surface area contributed by atoms with Gasteiger partial charge in [0.1, 0.15) is 0 Å². The number of pyridine rings is 1. The van der Waals surface area contributed by atoms with E-state index in [1.807, 2.05) is 18.5 Å². The number of hydrogen-bond acceptors (Lipinski definition) is 1. The Balaban J connectivity index is 2.45. The predicted octanol–water partition coefficient (Wildman–Crippen LogP) is 5.44. The highest BCUT2D eigenvalue weighted by Gasteiger charge is 2.12. The van der Waals surface area contributed by atoms with Crippen LogP contribution in [0.1, 0.15) is 50.7 Å². The van der Waals surface area contributed by atoms with Gasteiger partial charge >= 0.3 is 0 Å². The summed E-state index contributed by atoms with van der Waals surface area (Å²) in [7, 11) is 0. The summed E-state index contributed by atoms with van der Waals surface area (Å²) >= 11 is 0. The third-order valence-electron chi connectivity index (χ3n) is 3.85. The monoisotopic (exact) mass is 265 g/mol. The molecule has 0 spiro atoms. The molecule has 0 amide bonds. The molecule has 20 heavy (non-hydrogen) atoms. The molecule has 1 atom stereocenters. The molecule has 1 aromatic rings. The Morgan fingerprint density at radius 1 is 1.35 bits per heavy atom. The van der Waals surface area contributed by atoms with Gasteiger partial charge in [0, 0.05) is 18.0 Å². The maximum atomic E-state index is 4.44. The smallest absolute Gasteiger partial charge is 0.0346 e. The van der Waals surface area contributed by atoms with Crippen LogP contribution in [0.5, 0.6) is 0 Å². The standard InChI is InChI=1S/C19H23N/c1-5-8-14(2)17-11-18(13-20-12-17)19-15(3)9-6-7-10-16(19)4/h5-6,9-14H,1,7-8H2,2-4H3. The molecule has 0 radical (unpaired) electrons. The summed E-state index contributed by atoms with van der Waals surface area (Å²) < 4.78 is 0. The first-order valence-corrected chi connectivity index (χ1v) is 7.24. The van der Waals surface area contributed by atoms with Crippen molar-refractivity contribution < 1.29 is 0 Å². The normalized spacial score (nSPS) is 16.6. The molecular weight excluding hydrogens is 242 g/mol. The molecule has 2 rings (SSSR count). The van der Waals surface area contributed by atoms with Gasteiger partial charge in [0.15, 0.2) is 0 Å². The van der Waals surface area contributed by atoms with E-state index >= 15 is 0 Å². The summed E-state index contributed by atoms with van der Waals surface area (Å²) in [6, 6.07) is 2.27. The van der Waals surface area contributed by atoms with Crippen LogP contribution in [0.4, 0.5) is 0 Å². The topological polar surface area (TPSA) is 12.9 Å². The van der Waals surface area contributed by atoms with Crippen molar-refractivity contribution in [1.29, 1.82) is 0 Å². The zero-order valence-electron chi connectivity index (χ0n) is 12.7. The van der Waals surface area contributed by atoms with E-state index in [1.54, 1.807) is 0 Å². The third kappa shape index (κ3) is 3.16. The lowest BCUT2D eigenvalue weighted by Crippen LogP contribution is -1.97. The molecule has 0 saturated carbocycles. The van der Waals surface area contributed by atoms with Crippen molar-refractivity contribution in [3.8, 4) is 0 Å². The molecule has 0 aromatic carbocycles. The molecular formula is C19H23N.